The Balaban J connectivity index is 3.49. The Hall–Kier alpha value is -0.200. The van der Waals surface area contributed by atoms with Gasteiger partial charge in [-0.25, -0.2) is 0 Å². The summed E-state index contributed by atoms with van der Waals surface area (Å²) in [7, 11) is 0. The first kappa shape index (κ1) is 17.8. The van der Waals surface area contributed by atoms with Crippen molar-refractivity contribution in [3.8, 4) is 0 Å². The molecule has 18 heavy (non-hydrogen) atoms. The van der Waals surface area contributed by atoms with Gasteiger partial charge in [0.1, 0.15) is 0 Å². The molecule has 0 aromatic heterocycles. The van der Waals surface area contributed by atoms with Crippen molar-refractivity contribution in [1.29, 1.82) is 0 Å². The van der Waals surface area contributed by atoms with Crippen molar-refractivity contribution in [2.75, 3.05) is 13.2 Å². The molecule has 0 bridgehead atoms. The second kappa shape index (κ2) is 11.9. The molecular weight excluding hydrogens is 236 g/mol. The zero-order chi connectivity index (χ0) is 13.8. The highest BCUT2D eigenvalue weighted by Gasteiger charge is 2.11. The highest BCUT2D eigenvalue weighted by molar-refractivity contribution is 4.65. The highest BCUT2D eigenvalue weighted by atomic mass is 16.3. The van der Waals surface area contributed by atoms with Gasteiger partial charge >= 0.3 is 0 Å². The second-order valence-corrected chi connectivity index (χ2v) is 4.85. The summed E-state index contributed by atoms with van der Waals surface area (Å²) in [5.41, 5.74) is 0. The van der Waals surface area contributed by atoms with Gasteiger partial charge in [-0.2, -0.15) is 0 Å². The molecule has 0 radical (unpaired) electrons. The lowest BCUT2D eigenvalue weighted by Gasteiger charge is -2.16. The lowest BCUT2D eigenvalue weighted by Crippen LogP contribution is -2.16. The number of hydrogen-bond donors (Lipinski definition) is 5. The van der Waals surface area contributed by atoms with E-state index in [4.69, 9.17) is 10.2 Å². The molecule has 0 rings (SSSR count). The van der Waals surface area contributed by atoms with E-state index in [2.05, 4.69) is 0 Å². The molecule has 0 saturated carbocycles. The van der Waals surface area contributed by atoms with Gasteiger partial charge in [-0.3, -0.25) is 0 Å². The van der Waals surface area contributed by atoms with Gasteiger partial charge < -0.3 is 25.5 Å². The van der Waals surface area contributed by atoms with E-state index in [-0.39, 0.29) is 13.2 Å². The standard InChI is InChI=1S/C13H28O5/c14-9-1-3-11(16)5-7-13(18)8-6-12(17)4-2-10-15/h11-18H,1-10H2/t11-,12-/m1/s1. The van der Waals surface area contributed by atoms with Gasteiger partial charge in [-0.15, -0.1) is 0 Å². The summed E-state index contributed by atoms with van der Waals surface area (Å²) in [6, 6.07) is 0. The maximum absolute atomic E-state index is 9.68. The van der Waals surface area contributed by atoms with Crippen molar-refractivity contribution in [2.24, 2.45) is 0 Å². The molecule has 0 aliphatic heterocycles. The molecule has 0 heterocycles. The molecule has 0 aromatic carbocycles. The first-order valence-electron chi connectivity index (χ1n) is 6.86. The van der Waals surface area contributed by atoms with Crippen LogP contribution in [0.4, 0.5) is 0 Å². The van der Waals surface area contributed by atoms with Crippen LogP contribution in [0, 0.1) is 0 Å². The zero-order valence-corrected chi connectivity index (χ0v) is 11.0. The molecule has 0 amide bonds. The fraction of sp³-hybridized carbons (Fsp3) is 1.00. The van der Waals surface area contributed by atoms with Gasteiger partial charge in [-0.1, -0.05) is 0 Å². The first-order chi connectivity index (χ1) is 8.60. The average Bonchev–Trinajstić information content (AvgIpc) is 2.37. The van der Waals surface area contributed by atoms with E-state index in [1.165, 1.54) is 0 Å². The fourth-order valence-corrected chi connectivity index (χ4v) is 1.86. The average molecular weight is 264 g/mol. The van der Waals surface area contributed by atoms with Crippen LogP contribution in [0.15, 0.2) is 0 Å². The van der Waals surface area contributed by atoms with E-state index < -0.39 is 18.3 Å². The first-order valence-corrected chi connectivity index (χ1v) is 6.86. The summed E-state index contributed by atoms with van der Waals surface area (Å²) >= 11 is 0. The van der Waals surface area contributed by atoms with Crippen molar-refractivity contribution in [3.63, 3.8) is 0 Å². The third-order valence-corrected chi connectivity index (χ3v) is 3.06. The maximum Gasteiger partial charge on any atom is 0.0542 e. The second-order valence-electron chi connectivity index (χ2n) is 4.85. The van der Waals surface area contributed by atoms with Crippen LogP contribution in [0.2, 0.25) is 0 Å². The molecule has 5 nitrogen and oxygen atoms in total. The highest BCUT2D eigenvalue weighted by Crippen LogP contribution is 2.13. The molecule has 0 unspecified atom stereocenters. The monoisotopic (exact) mass is 264 g/mol. The van der Waals surface area contributed by atoms with E-state index in [9.17, 15) is 15.3 Å². The van der Waals surface area contributed by atoms with Gasteiger partial charge in [-0.05, 0) is 51.4 Å². The van der Waals surface area contributed by atoms with E-state index in [0.29, 0.717) is 51.4 Å². The lowest BCUT2D eigenvalue weighted by atomic mass is 10.0. The van der Waals surface area contributed by atoms with Crippen molar-refractivity contribution in [1.82, 2.24) is 0 Å². The van der Waals surface area contributed by atoms with Crippen LogP contribution < -0.4 is 0 Å². The lowest BCUT2D eigenvalue weighted by molar-refractivity contribution is 0.0793. The summed E-state index contributed by atoms with van der Waals surface area (Å²) in [5, 5.41) is 45.9. The largest absolute Gasteiger partial charge is 0.396 e. The molecule has 0 spiro atoms. The molecule has 5 N–H and O–H groups in total. The molecule has 0 aliphatic rings. The van der Waals surface area contributed by atoms with Crippen molar-refractivity contribution in [2.45, 2.75) is 69.7 Å². The van der Waals surface area contributed by atoms with Gasteiger partial charge in [0.25, 0.3) is 0 Å². The predicted octanol–water partition coefficient (Wildman–Crippen LogP) is 0.174. The molecule has 0 saturated heterocycles. The Bertz CT molecular complexity index is 159. The van der Waals surface area contributed by atoms with Crippen LogP contribution in [0.3, 0.4) is 0 Å². The third kappa shape index (κ3) is 10.9. The Kier molecular flexibility index (Phi) is 11.7. The summed E-state index contributed by atoms with van der Waals surface area (Å²) < 4.78 is 0. The van der Waals surface area contributed by atoms with Gasteiger partial charge in [0.05, 0.1) is 18.3 Å². The molecule has 0 fully saturated rings. The topological polar surface area (TPSA) is 101 Å². The molecular formula is C13H28O5. The van der Waals surface area contributed by atoms with Gasteiger partial charge in [0.15, 0.2) is 0 Å². The number of aliphatic hydroxyl groups is 5. The fourth-order valence-electron chi connectivity index (χ4n) is 1.86. The zero-order valence-electron chi connectivity index (χ0n) is 11.0. The van der Waals surface area contributed by atoms with Crippen molar-refractivity contribution in [3.05, 3.63) is 0 Å². The van der Waals surface area contributed by atoms with E-state index in [1.807, 2.05) is 0 Å². The normalized spacial score (nSPS) is 15.0. The Morgan fingerprint density at radius 1 is 0.500 bits per heavy atom. The summed E-state index contributed by atoms with van der Waals surface area (Å²) in [4.78, 5) is 0. The summed E-state index contributed by atoms with van der Waals surface area (Å²) in [6.07, 6.45) is 2.91. The SMILES string of the molecule is OCCC[C@@H](O)CCC(O)CC[C@H](O)CCCO. The minimum Gasteiger partial charge on any atom is -0.396 e. The van der Waals surface area contributed by atoms with E-state index in [0.717, 1.165) is 0 Å². The molecule has 2 atom stereocenters. The number of hydrogen-bond acceptors (Lipinski definition) is 5. The molecule has 110 valence electrons. The number of rotatable bonds is 12. The van der Waals surface area contributed by atoms with Crippen LogP contribution in [0.5, 0.6) is 0 Å². The van der Waals surface area contributed by atoms with Crippen LogP contribution in [0.1, 0.15) is 51.4 Å². The Morgan fingerprint density at radius 3 is 1.06 bits per heavy atom. The third-order valence-electron chi connectivity index (χ3n) is 3.06. The molecule has 5 heteroatoms. The van der Waals surface area contributed by atoms with Crippen LogP contribution >= 0.6 is 0 Å². The van der Waals surface area contributed by atoms with Crippen LogP contribution in [0.25, 0.3) is 0 Å². The predicted molar refractivity (Wildman–Crippen MR) is 69.1 cm³/mol. The minimum atomic E-state index is -0.502. The smallest absolute Gasteiger partial charge is 0.0542 e. The van der Waals surface area contributed by atoms with Crippen molar-refractivity contribution >= 4 is 0 Å². The van der Waals surface area contributed by atoms with Gasteiger partial charge in [0.2, 0.25) is 0 Å². The van der Waals surface area contributed by atoms with Crippen LogP contribution in [-0.4, -0.2) is 57.1 Å². The van der Waals surface area contributed by atoms with E-state index in [1.54, 1.807) is 0 Å². The van der Waals surface area contributed by atoms with E-state index >= 15 is 0 Å². The van der Waals surface area contributed by atoms with Crippen LogP contribution in [-0.2, 0) is 0 Å². The maximum atomic E-state index is 9.68. The molecule has 0 aliphatic carbocycles. The molecule has 0 aromatic rings. The van der Waals surface area contributed by atoms with Gasteiger partial charge in [0, 0.05) is 13.2 Å². The Labute approximate surface area is 109 Å². The number of aliphatic hydroxyl groups excluding tert-OH is 5. The minimum absolute atomic E-state index is 0.0800. The Morgan fingerprint density at radius 2 is 0.778 bits per heavy atom. The summed E-state index contributed by atoms with van der Waals surface area (Å²) in [6.45, 7) is 0.160. The summed E-state index contributed by atoms with van der Waals surface area (Å²) in [5.74, 6) is 0. The quantitative estimate of drug-likeness (QED) is 0.346. The van der Waals surface area contributed by atoms with Crippen molar-refractivity contribution < 1.29 is 25.5 Å².